The van der Waals surface area contributed by atoms with Gasteiger partial charge in [0.05, 0.1) is 22.7 Å². The van der Waals surface area contributed by atoms with Crippen molar-refractivity contribution in [2.75, 3.05) is 21.3 Å². The molecule has 0 heterocycles. The Labute approximate surface area is 246 Å². The van der Waals surface area contributed by atoms with Gasteiger partial charge in [-0.1, -0.05) is 70.1 Å². The van der Waals surface area contributed by atoms with E-state index in [0.717, 1.165) is 41.5 Å². The Morgan fingerprint density at radius 3 is 1.17 bits per heavy atom. The van der Waals surface area contributed by atoms with E-state index in [2.05, 4.69) is 65.3 Å². The van der Waals surface area contributed by atoms with Crippen LogP contribution >= 0.6 is 77.9 Å². The van der Waals surface area contributed by atoms with Gasteiger partial charge in [-0.3, -0.25) is 0 Å². The van der Waals surface area contributed by atoms with Crippen molar-refractivity contribution in [2.45, 2.75) is 9.79 Å². The first kappa shape index (κ1) is 27.0. The highest BCUT2D eigenvalue weighted by Crippen LogP contribution is 2.43. The minimum atomic E-state index is 0.519. The molecule has 0 amide bonds. The number of para-hydroxylation sites is 4. The van der Waals surface area contributed by atoms with Crippen molar-refractivity contribution in [1.82, 2.24) is 0 Å². The maximum absolute atomic E-state index is 5.55. The molecule has 0 unspecified atom stereocenters. The summed E-state index contributed by atoms with van der Waals surface area (Å²) in [5, 5.41) is 14.1. The standard InChI is InChI=1S/C26H20Br2N4S4/c27-17-9-1-3-11-19(17)29-25(33)31-21-13-5-7-15-23(21)35-36-24-16-8-6-14-22(24)32-26(34)30-20-12-4-2-10-18(20)28/h1-16H,(H2,29,31,33)(H2,30,32,34). The molecular weight excluding hydrogens is 656 g/mol. The normalized spacial score (nSPS) is 10.4. The van der Waals surface area contributed by atoms with Crippen LogP contribution in [0.4, 0.5) is 22.7 Å². The van der Waals surface area contributed by atoms with Gasteiger partial charge in [-0.05, 0) is 105 Å². The molecule has 0 atom stereocenters. The van der Waals surface area contributed by atoms with Crippen LogP contribution in [0.3, 0.4) is 0 Å². The largest absolute Gasteiger partial charge is 0.332 e. The molecule has 0 aromatic heterocycles. The zero-order valence-electron chi connectivity index (χ0n) is 18.6. The molecular formula is C26H20Br2N4S4. The Kier molecular flexibility index (Phi) is 10.1. The first-order valence-corrected chi connectivity index (χ1v) is 15.2. The highest BCUT2D eigenvalue weighted by molar-refractivity contribution is 9.11. The quantitative estimate of drug-likeness (QED) is 0.114. The molecule has 0 saturated carbocycles. The molecule has 4 rings (SSSR count). The topological polar surface area (TPSA) is 48.1 Å². The van der Waals surface area contributed by atoms with E-state index >= 15 is 0 Å². The molecule has 0 saturated heterocycles. The third-order valence-electron chi connectivity index (χ3n) is 4.74. The van der Waals surface area contributed by atoms with Crippen LogP contribution in [0.15, 0.2) is 116 Å². The summed E-state index contributed by atoms with van der Waals surface area (Å²) in [5.41, 5.74) is 3.66. The number of thiocarbonyl (C=S) groups is 2. The average molecular weight is 677 g/mol. The zero-order valence-corrected chi connectivity index (χ0v) is 25.1. The second-order valence-electron chi connectivity index (χ2n) is 7.28. The van der Waals surface area contributed by atoms with Crippen molar-refractivity contribution in [1.29, 1.82) is 0 Å². The molecule has 4 aromatic rings. The van der Waals surface area contributed by atoms with Crippen molar-refractivity contribution >= 4 is 111 Å². The summed E-state index contributed by atoms with van der Waals surface area (Å²) in [6.45, 7) is 0. The summed E-state index contributed by atoms with van der Waals surface area (Å²) in [4.78, 5) is 2.12. The molecule has 0 aliphatic heterocycles. The molecule has 0 radical (unpaired) electrons. The number of anilines is 4. The van der Waals surface area contributed by atoms with Crippen LogP contribution in [0.25, 0.3) is 0 Å². The summed E-state index contributed by atoms with van der Waals surface area (Å²) in [5.74, 6) is 0. The highest BCUT2D eigenvalue weighted by atomic mass is 79.9. The molecule has 0 aliphatic carbocycles. The van der Waals surface area contributed by atoms with Crippen LogP contribution in [0.1, 0.15) is 0 Å². The van der Waals surface area contributed by atoms with Crippen LogP contribution in [0, 0.1) is 0 Å². The summed E-state index contributed by atoms with van der Waals surface area (Å²) in [6.07, 6.45) is 0. The number of hydrogen-bond donors (Lipinski definition) is 4. The predicted octanol–water partition coefficient (Wildman–Crippen LogP) is 9.63. The van der Waals surface area contributed by atoms with E-state index in [0.29, 0.717) is 10.2 Å². The fourth-order valence-electron chi connectivity index (χ4n) is 3.05. The third kappa shape index (κ3) is 7.71. The van der Waals surface area contributed by atoms with Gasteiger partial charge >= 0.3 is 0 Å². The van der Waals surface area contributed by atoms with Crippen molar-refractivity contribution in [2.24, 2.45) is 0 Å². The maximum atomic E-state index is 5.55. The molecule has 4 N–H and O–H groups in total. The Bertz CT molecular complexity index is 1280. The van der Waals surface area contributed by atoms with Gasteiger partial charge in [0, 0.05) is 18.7 Å². The van der Waals surface area contributed by atoms with Crippen LogP contribution in [0.2, 0.25) is 0 Å². The summed E-state index contributed by atoms with van der Waals surface area (Å²) in [7, 11) is 3.29. The van der Waals surface area contributed by atoms with E-state index in [1.165, 1.54) is 0 Å². The number of hydrogen-bond acceptors (Lipinski definition) is 4. The van der Waals surface area contributed by atoms with Crippen molar-refractivity contribution in [3.05, 3.63) is 106 Å². The van der Waals surface area contributed by atoms with E-state index in [9.17, 15) is 0 Å². The van der Waals surface area contributed by atoms with Crippen molar-refractivity contribution in [3.8, 4) is 0 Å². The molecule has 10 heteroatoms. The SMILES string of the molecule is S=C(Nc1ccccc1Br)Nc1ccccc1SSc1ccccc1NC(=S)Nc1ccccc1Br. The summed E-state index contributed by atoms with van der Waals surface area (Å²) in [6, 6.07) is 31.9. The van der Waals surface area contributed by atoms with Gasteiger partial charge in [0.25, 0.3) is 0 Å². The third-order valence-corrected chi connectivity index (χ3v) is 9.01. The lowest BCUT2D eigenvalue weighted by molar-refractivity contribution is 1.44. The van der Waals surface area contributed by atoms with Crippen LogP contribution in [0.5, 0.6) is 0 Å². The average Bonchev–Trinajstić information content (AvgIpc) is 2.87. The van der Waals surface area contributed by atoms with E-state index < -0.39 is 0 Å². The molecule has 0 bridgehead atoms. The molecule has 4 aromatic carbocycles. The lowest BCUT2D eigenvalue weighted by Crippen LogP contribution is -2.19. The van der Waals surface area contributed by atoms with Gasteiger partial charge in [0.1, 0.15) is 0 Å². The highest BCUT2D eigenvalue weighted by Gasteiger charge is 2.10. The first-order chi connectivity index (χ1) is 17.5. The van der Waals surface area contributed by atoms with Gasteiger partial charge in [0.2, 0.25) is 0 Å². The minimum absolute atomic E-state index is 0.519. The summed E-state index contributed by atoms with van der Waals surface area (Å²) < 4.78 is 1.90. The van der Waals surface area contributed by atoms with E-state index in [-0.39, 0.29) is 0 Å². The van der Waals surface area contributed by atoms with Crippen LogP contribution < -0.4 is 21.3 Å². The molecule has 0 fully saturated rings. The number of rotatable bonds is 7. The van der Waals surface area contributed by atoms with Gasteiger partial charge < -0.3 is 21.3 Å². The zero-order chi connectivity index (χ0) is 25.3. The van der Waals surface area contributed by atoms with Crippen molar-refractivity contribution in [3.63, 3.8) is 0 Å². The molecule has 182 valence electrons. The fourth-order valence-corrected chi connectivity index (χ4v) is 6.54. The number of benzene rings is 4. The monoisotopic (exact) mass is 674 g/mol. The maximum Gasteiger partial charge on any atom is 0.175 e. The van der Waals surface area contributed by atoms with Crippen LogP contribution in [-0.2, 0) is 0 Å². The fraction of sp³-hybridized carbons (Fsp3) is 0. The van der Waals surface area contributed by atoms with Crippen LogP contribution in [-0.4, -0.2) is 10.2 Å². The second-order valence-corrected chi connectivity index (χ2v) is 12.0. The Hall–Kier alpha value is -2.08. The summed E-state index contributed by atoms with van der Waals surface area (Å²) >= 11 is 18.2. The smallest absolute Gasteiger partial charge is 0.175 e. The lowest BCUT2D eigenvalue weighted by atomic mass is 10.3. The molecule has 36 heavy (non-hydrogen) atoms. The predicted molar refractivity (Wildman–Crippen MR) is 173 cm³/mol. The van der Waals surface area contributed by atoms with Gasteiger partial charge in [0.15, 0.2) is 10.2 Å². The minimum Gasteiger partial charge on any atom is -0.332 e. The van der Waals surface area contributed by atoms with E-state index in [4.69, 9.17) is 24.4 Å². The number of nitrogens with one attached hydrogen (secondary N) is 4. The molecule has 4 nitrogen and oxygen atoms in total. The Morgan fingerprint density at radius 1 is 0.472 bits per heavy atom. The Morgan fingerprint density at radius 2 is 0.778 bits per heavy atom. The second kappa shape index (κ2) is 13.5. The first-order valence-electron chi connectivity index (χ1n) is 10.7. The Balaban J connectivity index is 1.41. The van der Waals surface area contributed by atoms with Gasteiger partial charge in [-0.15, -0.1) is 0 Å². The van der Waals surface area contributed by atoms with E-state index in [1.54, 1.807) is 21.6 Å². The van der Waals surface area contributed by atoms with Gasteiger partial charge in [-0.25, -0.2) is 0 Å². The lowest BCUT2D eigenvalue weighted by Gasteiger charge is -2.16. The number of halogens is 2. The van der Waals surface area contributed by atoms with Crippen molar-refractivity contribution < 1.29 is 0 Å². The molecule has 0 aliphatic rings. The van der Waals surface area contributed by atoms with E-state index in [1.807, 2.05) is 84.9 Å². The van der Waals surface area contributed by atoms with Gasteiger partial charge in [-0.2, -0.15) is 0 Å². The molecule has 0 spiro atoms.